The lowest BCUT2D eigenvalue weighted by Gasteiger charge is -1.98. The fourth-order valence-electron chi connectivity index (χ4n) is 1.23. The summed E-state index contributed by atoms with van der Waals surface area (Å²) < 4.78 is 0. The molecular weight excluding hydrogens is 232 g/mol. The van der Waals surface area contributed by atoms with Gasteiger partial charge in [-0.3, -0.25) is 10.1 Å². The molecule has 0 aromatic heterocycles. The van der Waals surface area contributed by atoms with E-state index in [1.54, 1.807) is 12.1 Å². The molecule has 1 heterocycles. The van der Waals surface area contributed by atoms with E-state index in [0.29, 0.717) is 15.8 Å². The van der Waals surface area contributed by atoms with Gasteiger partial charge in [-0.1, -0.05) is 29.8 Å². The molecule has 3 nitrogen and oxygen atoms in total. The lowest BCUT2D eigenvalue weighted by atomic mass is 10.2. The molecule has 1 amide bonds. The Kier molecular flexibility index (Phi) is 2.70. The molecule has 15 heavy (non-hydrogen) atoms. The lowest BCUT2D eigenvalue weighted by molar-refractivity contribution is -0.115. The fourth-order valence-corrected chi connectivity index (χ4v) is 1.62. The first-order valence-electron chi connectivity index (χ1n) is 4.25. The highest BCUT2D eigenvalue weighted by Gasteiger charge is 2.19. The molecule has 0 radical (unpaired) electrons. The SMILES string of the molecule is O=C1NC(=S)NC1=Cc1ccccc1Cl. The predicted molar refractivity (Wildman–Crippen MR) is 63.3 cm³/mol. The van der Waals surface area contributed by atoms with Crippen LogP contribution in [0, 0.1) is 0 Å². The van der Waals surface area contributed by atoms with Gasteiger partial charge in [0.2, 0.25) is 0 Å². The molecule has 0 bridgehead atoms. The van der Waals surface area contributed by atoms with Gasteiger partial charge < -0.3 is 5.32 Å². The molecule has 2 N–H and O–H groups in total. The van der Waals surface area contributed by atoms with Gasteiger partial charge in [-0.2, -0.15) is 0 Å². The van der Waals surface area contributed by atoms with Crippen LogP contribution in [0.4, 0.5) is 0 Å². The predicted octanol–water partition coefficient (Wildman–Crippen LogP) is 1.69. The van der Waals surface area contributed by atoms with Crippen molar-refractivity contribution >= 4 is 40.9 Å². The van der Waals surface area contributed by atoms with Crippen LogP contribution in [0.25, 0.3) is 6.08 Å². The van der Waals surface area contributed by atoms with E-state index >= 15 is 0 Å². The number of hydrogen-bond acceptors (Lipinski definition) is 2. The zero-order chi connectivity index (χ0) is 10.8. The summed E-state index contributed by atoms with van der Waals surface area (Å²) >= 11 is 10.8. The van der Waals surface area contributed by atoms with E-state index in [4.69, 9.17) is 23.8 Å². The van der Waals surface area contributed by atoms with E-state index in [2.05, 4.69) is 10.6 Å². The molecule has 1 aliphatic rings. The quantitative estimate of drug-likeness (QED) is 0.578. The first-order chi connectivity index (χ1) is 7.16. The van der Waals surface area contributed by atoms with E-state index < -0.39 is 0 Å². The minimum atomic E-state index is -0.236. The van der Waals surface area contributed by atoms with E-state index in [1.165, 1.54) is 0 Å². The maximum Gasteiger partial charge on any atom is 0.273 e. The highest BCUT2D eigenvalue weighted by molar-refractivity contribution is 7.80. The van der Waals surface area contributed by atoms with Crippen molar-refractivity contribution in [2.75, 3.05) is 0 Å². The highest BCUT2D eigenvalue weighted by Crippen LogP contribution is 2.18. The number of halogens is 1. The molecule has 0 atom stereocenters. The van der Waals surface area contributed by atoms with Gasteiger partial charge in [-0.05, 0) is 29.9 Å². The standard InChI is InChI=1S/C10H7ClN2OS/c11-7-4-2-1-3-6(7)5-8-9(14)13-10(15)12-8/h1-5H,(H2,12,13,14,15). The van der Waals surface area contributed by atoms with Crippen LogP contribution in [0.1, 0.15) is 5.56 Å². The van der Waals surface area contributed by atoms with Gasteiger partial charge >= 0.3 is 0 Å². The molecule has 1 aromatic carbocycles. The second-order valence-electron chi connectivity index (χ2n) is 2.99. The third kappa shape index (κ3) is 2.16. The average Bonchev–Trinajstić information content (AvgIpc) is 2.49. The number of benzene rings is 1. The third-order valence-electron chi connectivity index (χ3n) is 1.92. The minimum Gasteiger partial charge on any atom is -0.328 e. The van der Waals surface area contributed by atoms with Gasteiger partial charge in [-0.25, -0.2) is 0 Å². The summed E-state index contributed by atoms with van der Waals surface area (Å²) in [6.45, 7) is 0. The number of amides is 1. The zero-order valence-electron chi connectivity index (χ0n) is 7.58. The van der Waals surface area contributed by atoms with Crippen LogP contribution < -0.4 is 10.6 Å². The molecule has 1 saturated heterocycles. The molecule has 0 spiro atoms. The normalized spacial score (nSPS) is 17.8. The Bertz CT molecular complexity index is 470. The number of hydrogen-bond donors (Lipinski definition) is 2. The number of thiocarbonyl (C=S) groups is 1. The van der Waals surface area contributed by atoms with Crippen LogP contribution in [0.15, 0.2) is 30.0 Å². The van der Waals surface area contributed by atoms with E-state index in [0.717, 1.165) is 5.56 Å². The first kappa shape index (κ1) is 10.1. The smallest absolute Gasteiger partial charge is 0.273 e. The Morgan fingerprint density at radius 1 is 1.27 bits per heavy atom. The molecule has 5 heteroatoms. The van der Waals surface area contributed by atoms with Gasteiger partial charge in [0.25, 0.3) is 5.91 Å². The second kappa shape index (κ2) is 4.00. The summed E-state index contributed by atoms with van der Waals surface area (Å²) in [5.74, 6) is -0.236. The summed E-state index contributed by atoms with van der Waals surface area (Å²) in [5, 5.41) is 6.14. The Morgan fingerprint density at radius 3 is 2.60 bits per heavy atom. The highest BCUT2D eigenvalue weighted by atomic mass is 35.5. The van der Waals surface area contributed by atoms with Crippen LogP contribution in [0.5, 0.6) is 0 Å². The first-order valence-corrected chi connectivity index (χ1v) is 5.04. The molecule has 1 aromatic rings. The summed E-state index contributed by atoms with van der Waals surface area (Å²) in [6, 6.07) is 7.27. The van der Waals surface area contributed by atoms with Crippen molar-refractivity contribution in [2.45, 2.75) is 0 Å². The van der Waals surface area contributed by atoms with Crippen molar-refractivity contribution < 1.29 is 4.79 Å². The van der Waals surface area contributed by atoms with Crippen LogP contribution in [0.2, 0.25) is 5.02 Å². The minimum absolute atomic E-state index is 0.236. The monoisotopic (exact) mass is 238 g/mol. The molecule has 1 fully saturated rings. The van der Waals surface area contributed by atoms with Crippen molar-refractivity contribution in [3.8, 4) is 0 Å². The van der Waals surface area contributed by atoms with Crippen molar-refractivity contribution in [3.63, 3.8) is 0 Å². The summed E-state index contributed by atoms with van der Waals surface area (Å²) in [6.07, 6.45) is 1.66. The van der Waals surface area contributed by atoms with Gasteiger partial charge in [0.15, 0.2) is 5.11 Å². The zero-order valence-corrected chi connectivity index (χ0v) is 9.15. The summed E-state index contributed by atoms with van der Waals surface area (Å²) in [5.41, 5.74) is 1.19. The second-order valence-corrected chi connectivity index (χ2v) is 3.80. The molecule has 2 rings (SSSR count). The lowest BCUT2D eigenvalue weighted by Crippen LogP contribution is -2.21. The van der Waals surface area contributed by atoms with Crippen LogP contribution in [-0.4, -0.2) is 11.0 Å². The summed E-state index contributed by atoms with van der Waals surface area (Å²) in [4.78, 5) is 11.3. The number of nitrogens with one attached hydrogen (secondary N) is 2. The summed E-state index contributed by atoms with van der Waals surface area (Å²) in [7, 11) is 0. The van der Waals surface area contributed by atoms with Crippen molar-refractivity contribution in [3.05, 3.63) is 40.5 Å². The van der Waals surface area contributed by atoms with Crippen molar-refractivity contribution in [1.82, 2.24) is 10.6 Å². The maximum absolute atomic E-state index is 11.3. The van der Waals surface area contributed by atoms with Crippen molar-refractivity contribution in [1.29, 1.82) is 0 Å². The molecular formula is C10H7ClN2OS. The van der Waals surface area contributed by atoms with Gasteiger partial charge in [0, 0.05) is 5.02 Å². The molecule has 1 aliphatic heterocycles. The van der Waals surface area contributed by atoms with Crippen molar-refractivity contribution in [2.24, 2.45) is 0 Å². The Morgan fingerprint density at radius 2 is 2.00 bits per heavy atom. The number of rotatable bonds is 1. The van der Waals surface area contributed by atoms with Crippen LogP contribution >= 0.6 is 23.8 Å². The van der Waals surface area contributed by atoms with Crippen LogP contribution in [-0.2, 0) is 4.79 Å². The molecule has 0 unspecified atom stereocenters. The number of carbonyl (C=O) groups is 1. The van der Waals surface area contributed by atoms with E-state index in [-0.39, 0.29) is 5.91 Å². The van der Waals surface area contributed by atoms with Gasteiger partial charge in [0.05, 0.1) is 0 Å². The molecule has 76 valence electrons. The fraction of sp³-hybridized carbons (Fsp3) is 0. The molecule has 0 saturated carbocycles. The molecule has 0 aliphatic carbocycles. The Hall–Kier alpha value is -1.39. The topological polar surface area (TPSA) is 41.1 Å². The van der Waals surface area contributed by atoms with E-state index in [1.807, 2.05) is 18.2 Å². The Labute approximate surface area is 97.1 Å². The number of carbonyl (C=O) groups excluding carboxylic acids is 1. The maximum atomic E-state index is 11.3. The van der Waals surface area contributed by atoms with Gasteiger partial charge in [0.1, 0.15) is 5.70 Å². The van der Waals surface area contributed by atoms with Crippen LogP contribution in [0.3, 0.4) is 0 Å². The third-order valence-corrected chi connectivity index (χ3v) is 2.47. The average molecular weight is 239 g/mol. The van der Waals surface area contributed by atoms with Gasteiger partial charge in [-0.15, -0.1) is 0 Å². The largest absolute Gasteiger partial charge is 0.328 e. The Balaban J connectivity index is 2.35. The van der Waals surface area contributed by atoms with E-state index in [9.17, 15) is 4.79 Å².